The van der Waals surface area contributed by atoms with Crippen LogP contribution in [0, 0.1) is 6.92 Å². The maximum atomic E-state index is 12.6. The first-order valence-corrected chi connectivity index (χ1v) is 9.90. The molecule has 0 fully saturated rings. The van der Waals surface area contributed by atoms with Crippen LogP contribution < -0.4 is 5.32 Å². The quantitative estimate of drug-likeness (QED) is 0.590. The van der Waals surface area contributed by atoms with Crippen LogP contribution in [0.15, 0.2) is 33.6 Å². The van der Waals surface area contributed by atoms with Crippen LogP contribution in [0.5, 0.6) is 5.75 Å². The van der Waals surface area contributed by atoms with Gasteiger partial charge in [0.05, 0.1) is 25.6 Å². The molecular weight excluding hydrogens is 498 g/mol. The summed E-state index contributed by atoms with van der Waals surface area (Å²) in [5, 5.41) is 12.1. The van der Waals surface area contributed by atoms with Crippen molar-refractivity contribution in [2.45, 2.75) is 17.3 Å². The van der Waals surface area contributed by atoms with Crippen LogP contribution in [0.4, 0.5) is 18.9 Å². The normalized spacial score (nSPS) is 12.1. The number of phenolic OH excluding ortho intramolecular Hbond substituents is 1. The van der Waals surface area contributed by atoms with Crippen molar-refractivity contribution < 1.29 is 31.5 Å². The number of rotatable bonds is 3. The van der Waals surface area contributed by atoms with Gasteiger partial charge < -0.3 is 10.4 Å². The van der Waals surface area contributed by atoms with Gasteiger partial charge in [0.2, 0.25) is 0 Å². The van der Waals surface area contributed by atoms with E-state index in [1.165, 1.54) is 13.0 Å². The van der Waals surface area contributed by atoms with Gasteiger partial charge >= 0.3 is 5.51 Å². The van der Waals surface area contributed by atoms with Gasteiger partial charge in [0.25, 0.3) is 15.7 Å². The fourth-order valence-electron chi connectivity index (χ4n) is 2.06. The Balaban J connectivity index is 2.42. The summed E-state index contributed by atoms with van der Waals surface area (Å²) in [5.74, 6) is -1.25. The van der Waals surface area contributed by atoms with E-state index in [1.807, 2.05) is 0 Å². The minimum absolute atomic E-state index is 0.154. The molecule has 2 aromatic carbocycles. The Hall–Kier alpha value is -1.49. The molecule has 1 amide bonds. The first kappa shape index (κ1) is 21.8. The van der Waals surface area contributed by atoms with Crippen LogP contribution in [0.1, 0.15) is 15.9 Å². The number of alkyl halides is 3. The molecule has 0 saturated carbocycles. The van der Waals surface area contributed by atoms with Crippen LogP contribution in [0.2, 0.25) is 10.0 Å². The molecule has 0 heterocycles. The molecule has 0 aliphatic heterocycles. The minimum Gasteiger partial charge on any atom is -0.506 e. The number of aromatic hydroxyl groups is 1. The molecule has 5 nitrogen and oxygen atoms in total. The van der Waals surface area contributed by atoms with E-state index in [0.717, 1.165) is 6.07 Å². The lowest BCUT2D eigenvalue weighted by Crippen LogP contribution is -2.23. The van der Waals surface area contributed by atoms with Crippen molar-refractivity contribution in [3.8, 4) is 5.75 Å². The lowest BCUT2D eigenvalue weighted by Gasteiger charge is -2.14. The van der Waals surface area contributed by atoms with Gasteiger partial charge in [-0.05, 0) is 52.7 Å². The summed E-state index contributed by atoms with van der Waals surface area (Å²) in [6.45, 7) is 1.48. The molecule has 2 N–H and O–H groups in total. The molecule has 27 heavy (non-hydrogen) atoms. The SMILES string of the molecule is Cc1c(Cl)cc(Br)c(O)c1C(=O)Nc1ccc(S(=O)(=O)C(F)(F)F)cc1Cl. The zero-order chi connectivity index (χ0) is 20.7. The Morgan fingerprint density at radius 2 is 1.78 bits per heavy atom. The highest BCUT2D eigenvalue weighted by Gasteiger charge is 2.47. The monoisotopic (exact) mass is 505 g/mol. The van der Waals surface area contributed by atoms with Crippen molar-refractivity contribution in [3.63, 3.8) is 0 Å². The standard InChI is InChI=1S/C15H9BrCl2F3NO4S/c1-6-9(17)5-8(16)13(23)12(6)14(24)22-11-3-2-7(4-10(11)18)27(25,26)15(19,20)21/h2-5,23H,1H3,(H,22,24). The van der Waals surface area contributed by atoms with Crippen molar-refractivity contribution in [3.05, 3.63) is 49.9 Å². The van der Waals surface area contributed by atoms with Gasteiger partial charge in [0.15, 0.2) is 0 Å². The van der Waals surface area contributed by atoms with E-state index in [1.54, 1.807) is 0 Å². The number of benzene rings is 2. The fourth-order valence-corrected chi connectivity index (χ4v) is 3.91. The number of sulfone groups is 1. The fraction of sp³-hybridized carbons (Fsp3) is 0.133. The van der Waals surface area contributed by atoms with Crippen LogP contribution in [0.25, 0.3) is 0 Å². The molecule has 2 aromatic rings. The van der Waals surface area contributed by atoms with E-state index in [-0.39, 0.29) is 26.3 Å². The molecule has 12 heteroatoms. The van der Waals surface area contributed by atoms with Crippen molar-refractivity contribution in [1.29, 1.82) is 0 Å². The van der Waals surface area contributed by atoms with Crippen molar-refractivity contribution in [1.82, 2.24) is 0 Å². The predicted octanol–water partition coefficient (Wildman–Crippen LogP) is 5.32. The highest BCUT2D eigenvalue weighted by atomic mass is 79.9. The Morgan fingerprint density at radius 1 is 1.19 bits per heavy atom. The third-order valence-electron chi connectivity index (χ3n) is 3.48. The summed E-state index contributed by atoms with van der Waals surface area (Å²) in [6.07, 6.45) is 0. The number of nitrogens with one attached hydrogen (secondary N) is 1. The van der Waals surface area contributed by atoms with Gasteiger partial charge in [0, 0.05) is 5.02 Å². The maximum absolute atomic E-state index is 12.6. The van der Waals surface area contributed by atoms with E-state index in [9.17, 15) is 31.5 Å². The number of hydrogen-bond acceptors (Lipinski definition) is 4. The van der Waals surface area contributed by atoms with Crippen LogP contribution in [-0.2, 0) is 9.84 Å². The lowest BCUT2D eigenvalue weighted by atomic mass is 10.1. The third kappa shape index (κ3) is 4.18. The maximum Gasteiger partial charge on any atom is 0.501 e. The van der Waals surface area contributed by atoms with E-state index < -0.39 is 36.9 Å². The smallest absolute Gasteiger partial charge is 0.501 e. The summed E-state index contributed by atoms with van der Waals surface area (Å²) in [4.78, 5) is 11.4. The molecular formula is C15H9BrCl2F3NO4S. The van der Waals surface area contributed by atoms with Gasteiger partial charge in [-0.15, -0.1) is 0 Å². The molecule has 0 bridgehead atoms. The molecule has 0 unspecified atom stereocenters. The number of halogens is 6. The number of phenols is 1. The van der Waals surface area contributed by atoms with Gasteiger partial charge in [-0.2, -0.15) is 13.2 Å². The molecule has 0 aliphatic carbocycles. The van der Waals surface area contributed by atoms with Gasteiger partial charge in [-0.3, -0.25) is 4.79 Å². The average molecular weight is 507 g/mol. The van der Waals surface area contributed by atoms with E-state index >= 15 is 0 Å². The molecule has 0 aromatic heterocycles. The van der Waals surface area contributed by atoms with Crippen molar-refractivity contribution in [2.24, 2.45) is 0 Å². The molecule has 0 spiro atoms. The van der Waals surface area contributed by atoms with E-state index in [2.05, 4.69) is 21.2 Å². The van der Waals surface area contributed by atoms with Crippen molar-refractivity contribution in [2.75, 3.05) is 5.32 Å². The zero-order valence-corrected chi connectivity index (χ0v) is 17.1. The van der Waals surface area contributed by atoms with Gasteiger partial charge in [-0.1, -0.05) is 23.2 Å². The summed E-state index contributed by atoms with van der Waals surface area (Å²) in [7, 11) is -5.58. The summed E-state index contributed by atoms with van der Waals surface area (Å²) in [6, 6.07) is 3.52. The molecule has 0 saturated heterocycles. The second kappa shape index (κ2) is 7.50. The Bertz CT molecular complexity index is 1020. The number of carbonyl (C=O) groups excluding carboxylic acids is 1. The second-order valence-corrected chi connectivity index (χ2v) is 8.84. The summed E-state index contributed by atoms with van der Waals surface area (Å²) < 4.78 is 60.8. The summed E-state index contributed by atoms with van der Waals surface area (Å²) >= 11 is 14.8. The lowest BCUT2D eigenvalue weighted by molar-refractivity contribution is -0.0436. The summed E-state index contributed by atoms with van der Waals surface area (Å²) in [5.41, 5.74) is -5.57. The predicted molar refractivity (Wildman–Crippen MR) is 98.2 cm³/mol. The minimum atomic E-state index is -5.58. The Kier molecular flexibility index (Phi) is 6.05. The van der Waals surface area contributed by atoms with Gasteiger partial charge in [0.1, 0.15) is 5.75 Å². The van der Waals surface area contributed by atoms with Crippen LogP contribution in [-0.4, -0.2) is 24.9 Å². The van der Waals surface area contributed by atoms with Crippen LogP contribution >= 0.6 is 39.1 Å². The number of carbonyl (C=O) groups is 1. The molecule has 0 aliphatic rings. The first-order valence-electron chi connectivity index (χ1n) is 6.87. The number of amides is 1. The Labute approximate surface area is 170 Å². The number of hydrogen-bond donors (Lipinski definition) is 2. The van der Waals surface area contributed by atoms with Gasteiger partial charge in [-0.25, -0.2) is 8.42 Å². The topological polar surface area (TPSA) is 83.5 Å². The van der Waals surface area contributed by atoms with E-state index in [4.69, 9.17) is 23.2 Å². The third-order valence-corrected chi connectivity index (χ3v) is 6.27. The molecule has 146 valence electrons. The second-order valence-electron chi connectivity index (χ2n) is 5.23. The largest absolute Gasteiger partial charge is 0.506 e. The van der Waals surface area contributed by atoms with E-state index in [0.29, 0.717) is 12.1 Å². The molecule has 0 radical (unpaired) electrons. The van der Waals surface area contributed by atoms with Crippen LogP contribution in [0.3, 0.4) is 0 Å². The van der Waals surface area contributed by atoms with Crippen molar-refractivity contribution >= 4 is 60.6 Å². The molecule has 2 rings (SSSR count). The highest BCUT2D eigenvalue weighted by Crippen LogP contribution is 2.37. The zero-order valence-electron chi connectivity index (χ0n) is 13.2. The number of anilines is 1. The average Bonchev–Trinajstić information content (AvgIpc) is 2.54. The Morgan fingerprint density at radius 3 is 2.30 bits per heavy atom. The highest BCUT2D eigenvalue weighted by molar-refractivity contribution is 9.10. The first-order chi connectivity index (χ1) is 12.3. The molecule has 0 atom stereocenters.